The molecule has 2 heterocycles. The second-order valence-electron chi connectivity index (χ2n) is 5.16. The maximum atomic E-state index is 5.57. The van der Waals surface area contributed by atoms with Crippen molar-refractivity contribution in [3.8, 4) is 17.4 Å². The Morgan fingerprint density at radius 1 is 1.21 bits per heavy atom. The van der Waals surface area contributed by atoms with Crippen molar-refractivity contribution in [2.45, 2.75) is 13.5 Å². The molecule has 3 rings (SSSR count). The lowest BCUT2D eigenvalue weighted by atomic mass is 10.2. The van der Waals surface area contributed by atoms with Crippen LogP contribution in [0.3, 0.4) is 0 Å². The Bertz CT molecular complexity index is 754. The minimum atomic E-state index is 0.395. The summed E-state index contributed by atoms with van der Waals surface area (Å²) in [5.74, 6) is 2.41. The SMILES string of the molecule is COc1cc(C)nc(NC(=S)NCc2ccc3c(c2)OCCO3)n1. The Labute approximate surface area is 145 Å². The zero-order valence-corrected chi connectivity index (χ0v) is 14.3. The molecule has 7 nitrogen and oxygen atoms in total. The molecule has 0 radical (unpaired) electrons. The average molecular weight is 346 g/mol. The van der Waals surface area contributed by atoms with Gasteiger partial charge in [-0.2, -0.15) is 4.98 Å². The van der Waals surface area contributed by atoms with Crippen LogP contribution in [0.1, 0.15) is 11.3 Å². The van der Waals surface area contributed by atoms with Crippen molar-refractivity contribution in [1.82, 2.24) is 15.3 Å². The number of fused-ring (bicyclic) bond motifs is 1. The standard InChI is InChI=1S/C16H18N4O3S/c1-10-7-14(21-2)19-15(18-10)20-16(24)17-9-11-3-4-12-13(8-11)23-6-5-22-12/h3-4,7-8H,5-6,9H2,1-2H3,(H2,17,18,19,20,24). The minimum absolute atomic E-state index is 0.395. The number of ether oxygens (including phenoxy) is 3. The molecule has 8 heteroatoms. The van der Waals surface area contributed by atoms with Crippen LogP contribution in [0.15, 0.2) is 24.3 Å². The Morgan fingerprint density at radius 2 is 2.00 bits per heavy atom. The molecule has 2 aromatic rings. The van der Waals surface area contributed by atoms with Gasteiger partial charge in [-0.05, 0) is 36.8 Å². The summed E-state index contributed by atoms with van der Waals surface area (Å²) in [5.41, 5.74) is 1.82. The summed E-state index contributed by atoms with van der Waals surface area (Å²) in [5, 5.41) is 6.49. The quantitative estimate of drug-likeness (QED) is 0.815. The molecule has 0 amide bonds. The second-order valence-corrected chi connectivity index (χ2v) is 5.57. The molecule has 24 heavy (non-hydrogen) atoms. The zero-order valence-electron chi connectivity index (χ0n) is 13.5. The van der Waals surface area contributed by atoms with Gasteiger partial charge in [0.05, 0.1) is 7.11 Å². The minimum Gasteiger partial charge on any atom is -0.486 e. The first kappa shape index (κ1) is 16.3. The molecule has 1 aromatic carbocycles. The smallest absolute Gasteiger partial charge is 0.232 e. The van der Waals surface area contributed by atoms with Gasteiger partial charge in [0.1, 0.15) is 13.2 Å². The molecule has 0 saturated heterocycles. The van der Waals surface area contributed by atoms with Gasteiger partial charge in [0.2, 0.25) is 11.8 Å². The molecule has 0 aliphatic carbocycles. The predicted molar refractivity (Wildman–Crippen MR) is 93.8 cm³/mol. The zero-order chi connectivity index (χ0) is 16.9. The Kier molecular flexibility index (Phi) is 4.95. The lowest BCUT2D eigenvalue weighted by Crippen LogP contribution is -2.29. The number of anilines is 1. The number of nitrogens with zero attached hydrogens (tertiary/aromatic N) is 2. The Morgan fingerprint density at radius 3 is 2.79 bits per heavy atom. The van der Waals surface area contributed by atoms with Crippen molar-refractivity contribution >= 4 is 23.3 Å². The molecule has 0 saturated carbocycles. The number of rotatable bonds is 4. The van der Waals surface area contributed by atoms with Gasteiger partial charge in [0.25, 0.3) is 0 Å². The van der Waals surface area contributed by atoms with Gasteiger partial charge in [-0.1, -0.05) is 6.07 Å². The van der Waals surface area contributed by atoms with E-state index in [0.717, 1.165) is 22.8 Å². The normalized spacial score (nSPS) is 12.4. The highest BCUT2D eigenvalue weighted by Gasteiger charge is 2.12. The van der Waals surface area contributed by atoms with Crippen LogP contribution in [0.4, 0.5) is 5.95 Å². The van der Waals surface area contributed by atoms with E-state index in [-0.39, 0.29) is 0 Å². The van der Waals surface area contributed by atoms with Gasteiger partial charge in [-0.3, -0.25) is 0 Å². The number of aryl methyl sites for hydroxylation is 1. The summed E-state index contributed by atoms with van der Waals surface area (Å²) in [4.78, 5) is 8.46. The number of methoxy groups -OCH3 is 1. The molecule has 0 fully saturated rings. The van der Waals surface area contributed by atoms with Crippen LogP contribution in [0.25, 0.3) is 0 Å². The van der Waals surface area contributed by atoms with Crippen molar-refractivity contribution in [3.63, 3.8) is 0 Å². The highest BCUT2D eigenvalue weighted by atomic mass is 32.1. The predicted octanol–water partition coefficient (Wildman–Crippen LogP) is 2.05. The van der Waals surface area contributed by atoms with E-state index in [1.54, 1.807) is 13.2 Å². The van der Waals surface area contributed by atoms with Gasteiger partial charge in [0.15, 0.2) is 16.6 Å². The third kappa shape index (κ3) is 4.02. The maximum Gasteiger partial charge on any atom is 0.232 e. The molecular formula is C16H18N4O3S. The lowest BCUT2D eigenvalue weighted by molar-refractivity contribution is 0.171. The second kappa shape index (κ2) is 7.31. The van der Waals surface area contributed by atoms with E-state index in [0.29, 0.717) is 36.7 Å². The van der Waals surface area contributed by atoms with Crippen LogP contribution in [-0.2, 0) is 6.54 Å². The van der Waals surface area contributed by atoms with E-state index in [1.807, 2.05) is 25.1 Å². The van der Waals surface area contributed by atoms with Crippen LogP contribution < -0.4 is 24.8 Å². The summed E-state index contributed by atoms with van der Waals surface area (Å²) < 4.78 is 16.2. The molecule has 126 valence electrons. The third-order valence-corrected chi connectivity index (χ3v) is 3.57. The summed E-state index contributed by atoms with van der Waals surface area (Å²) in [7, 11) is 1.56. The van der Waals surface area contributed by atoms with Crippen LogP contribution in [0.5, 0.6) is 17.4 Å². The van der Waals surface area contributed by atoms with Crippen LogP contribution in [0.2, 0.25) is 0 Å². The van der Waals surface area contributed by atoms with Crippen molar-refractivity contribution in [2.24, 2.45) is 0 Å². The maximum absolute atomic E-state index is 5.57. The first-order valence-corrected chi connectivity index (χ1v) is 7.88. The van der Waals surface area contributed by atoms with Gasteiger partial charge < -0.3 is 24.8 Å². The number of thiocarbonyl (C=S) groups is 1. The summed E-state index contributed by atoms with van der Waals surface area (Å²) in [6, 6.07) is 7.55. The van der Waals surface area contributed by atoms with Gasteiger partial charge >= 0.3 is 0 Å². The average Bonchev–Trinajstić information content (AvgIpc) is 2.59. The largest absolute Gasteiger partial charge is 0.486 e. The highest BCUT2D eigenvalue weighted by molar-refractivity contribution is 7.80. The molecular weight excluding hydrogens is 328 g/mol. The van der Waals surface area contributed by atoms with E-state index in [9.17, 15) is 0 Å². The van der Waals surface area contributed by atoms with E-state index in [4.69, 9.17) is 26.4 Å². The Hall–Kier alpha value is -2.61. The summed E-state index contributed by atoms with van der Waals surface area (Å²) in [6.45, 7) is 3.56. The molecule has 1 aliphatic rings. The molecule has 1 aliphatic heterocycles. The van der Waals surface area contributed by atoms with Crippen molar-refractivity contribution in [1.29, 1.82) is 0 Å². The van der Waals surface area contributed by atoms with Gasteiger partial charge in [-0.25, -0.2) is 4.98 Å². The topological polar surface area (TPSA) is 77.5 Å². The fraction of sp³-hybridized carbons (Fsp3) is 0.312. The highest BCUT2D eigenvalue weighted by Crippen LogP contribution is 2.30. The van der Waals surface area contributed by atoms with Crippen molar-refractivity contribution < 1.29 is 14.2 Å². The van der Waals surface area contributed by atoms with Crippen LogP contribution in [0, 0.1) is 6.92 Å². The number of aromatic nitrogens is 2. The van der Waals surface area contributed by atoms with E-state index in [2.05, 4.69) is 20.6 Å². The number of benzene rings is 1. The molecule has 0 atom stereocenters. The molecule has 1 aromatic heterocycles. The monoisotopic (exact) mass is 346 g/mol. The first-order chi connectivity index (χ1) is 11.6. The Balaban J connectivity index is 1.58. The molecule has 0 spiro atoms. The fourth-order valence-corrected chi connectivity index (χ4v) is 2.39. The van der Waals surface area contributed by atoms with Crippen LogP contribution >= 0.6 is 12.2 Å². The summed E-state index contributed by atoms with van der Waals surface area (Å²) in [6.07, 6.45) is 0. The fourth-order valence-electron chi connectivity index (χ4n) is 2.23. The van der Waals surface area contributed by atoms with E-state index in [1.165, 1.54) is 0 Å². The third-order valence-electron chi connectivity index (χ3n) is 3.32. The van der Waals surface area contributed by atoms with Gasteiger partial charge in [0, 0.05) is 18.3 Å². The molecule has 0 unspecified atom stereocenters. The van der Waals surface area contributed by atoms with Crippen molar-refractivity contribution in [3.05, 3.63) is 35.5 Å². The van der Waals surface area contributed by atoms with E-state index >= 15 is 0 Å². The van der Waals surface area contributed by atoms with E-state index < -0.39 is 0 Å². The molecule has 0 bridgehead atoms. The molecule has 2 N–H and O–H groups in total. The van der Waals surface area contributed by atoms with Crippen molar-refractivity contribution in [2.75, 3.05) is 25.6 Å². The van der Waals surface area contributed by atoms with Crippen LogP contribution in [-0.4, -0.2) is 35.4 Å². The lowest BCUT2D eigenvalue weighted by Gasteiger charge is -2.19. The number of nitrogens with one attached hydrogen (secondary N) is 2. The first-order valence-electron chi connectivity index (χ1n) is 7.47. The number of hydrogen-bond acceptors (Lipinski definition) is 6. The van der Waals surface area contributed by atoms with Gasteiger partial charge in [-0.15, -0.1) is 0 Å². The number of hydrogen-bond donors (Lipinski definition) is 2. The summed E-state index contributed by atoms with van der Waals surface area (Å²) >= 11 is 5.28.